The van der Waals surface area contributed by atoms with Crippen molar-refractivity contribution in [1.82, 2.24) is 15.2 Å². The quantitative estimate of drug-likeness (QED) is 0.836. The molecule has 0 spiro atoms. The molecule has 2 aromatic rings. The summed E-state index contributed by atoms with van der Waals surface area (Å²) in [6, 6.07) is 3.42. The van der Waals surface area contributed by atoms with Gasteiger partial charge in [0.15, 0.2) is 0 Å². The fourth-order valence-corrected chi connectivity index (χ4v) is 1.51. The molecule has 0 unspecified atom stereocenters. The molecule has 0 radical (unpaired) electrons. The third kappa shape index (κ3) is 2.31. The van der Waals surface area contributed by atoms with Gasteiger partial charge in [-0.05, 0) is 12.1 Å². The fourth-order valence-electron chi connectivity index (χ4n) is 1.07. The fraction of sp³-hybridized carbons (Fsp3) is 0.111. The number of nitrogens with one attached hydrogen (secondary N) is 2. The lowest BCUT2D eigenvalue weighted by Crippen LogP contribution is -2.12. The second-order valence-corrected chi connectivity index (χ2v) is 3.71. The second kappa shape index (κ2) is 4.67. The third-order valence-electron chi connectivity index (χ3n) is 1.86. The molecule has 82 valence electrons. The predicted molar refractivity (Wildman–Crippen MR) is 61.6 cm³/mol. The number of amides is 1. The van der Waals surface area contributed by atoms with Crippen molar-refractivity contribution in [3.63, 3.8) is 0 Å². The summed E-state index contributed by atoms with van der Waals surface area (Å²) in [4.78, 5) is 15.7. The number of carbonyl (C=O) groups excluding carboxylic acids is 1. The minimum atomic E-state index is -0.244. The molecule has 2 rings (SSSR count). The number of anilines is 2. The number of pyridine rings is 1. The summed E-state index contributed by atoms with van der Waals surface area (Å²) >= 11 is 1.27. The van der Waals surface area contributed by atoms with Crippen LogP contribution in [0.15, 0.2) is 23.8 Å². The molecule has 0 atom stereocenters. The van der Waals surface area contributed by atoms with E-state index in [1.807, 2.05) is 0 Å². The lowest BCUT2D eigenvalue weighted by atomic mass is 10.2. The van der Waals surface area contributed by atoms with Crippen molar-refractivity contribution in [1.29, 1.82) is 0 Å². The van der Waals surface area contributed by atoms with Crippen molar-refractivity contribution in [2.45, 2.75) is 0 Å². The van der Waals surface area contributed by atoms with Crippen molar-refractivity contribution >= 4 is 28.2 Å². The molecule has 6 nitrogen and oxygen atoms in total. The van der Waals surface area contributed by atoms with Crippen LogP contribution in [-0.2, 0) is 0 Å². The zero-order valence-corrected chi connectivity index (χ0v) is 9.28. The van der Waals surface area contributed by atoms with E-state index in [-0.39, 0.29) is 5.91 Å². The van der Waals surface area contributed by atoms with Crippen LogP contribution in [0.1, 0.15) is 10.4 Å². The van der Waals surface area contributed by atoms with Gasteiger partial charge in [-0.1, -0.05) is 11.3 Å². The van der Waals surface area contributed by atoms with Crippen LogP contribution in [0.3, 0.4) is 0 Å². The van der Waals surface area contributed by atoms with Gasteiger partial charge in [-0.3, -0.25) is 10.1 Å². The van der Waals surface area contributed by atoms with Gasteiger partial charge in [0.05, 0.1) is 5.56 Å². The summed E-state index contributed by atoms with van der Waals surface area (Å²) < 4.78 is 0. The van der Waals surface area contributed by atoms with Crippen LogP contribution in [-0.4, -0.2) is 28.1 Å². The Morgan fingerprint density at radius 2 is 2.31 bits per heavy atom. The average Bonchev–Trinajstić information content (AvgIpc) is 2.82. The van der Waals surface area contributed by atoms with Crippen LogP contribution >= 0.6 is 11.3 Å². The van der Waals surface area contributed by atoms with E-state index in [9.17, 15) is 4.79 Å². The highest BCUT2D eigenvalue weighted by Gasteiger charge is 2.07. The Morgan fingerprint density at radius 3 is 2.88 bits per heavy atom. The van der Waals surface area contributed by atoms with Crippen LogP contribution < -0.4 is 10.6 Å². The third-order valence-corrected chi connectivity index (χ3v) is 2.47. The normalized spacial score (nSPS) is 9.81. The first-order valence-corrected chi connectivity index (χ1v) is 5.39. The van der Waals surface area contributed by atoms with Crippen molar-refractivity contribution in [2.75, 3.05) is 17.7 Å². The first kappa shape index (κ1) is 10.5. The highest BCUT2D eigenvalue weighted by molar-refractivity contribution is 7.13. The second-order valence-electron chi connectivity index (χ2n) is 2.88. The molecule has 0 saturated heterocycles. The van der Waals surface area contributed by atoms with Crippen LogP contribution in [0.2, 0.25) is 0 Å². The van der Waals surface area contributed by atoms with E-state index in [0.29, 0.717) is 16.5 Å². The van der Waals surface area contributed by atoms with Crippen LogP contribution in [0.5, 0.6) is 0 Å². The Morgan fingerprint density at radius 1 is 1.44 bits per heavy atom. The molecule has 1 amide bonds. The molecule has 0 aromatic carbocycles. The Balaban J connectivity index is 2.09. The number of hydrogen-bond donors (Lipinski definition) is 2. The van der Waals surface area contributed by atoms with E-state index in [1.165, 1.54) is 17.5 Å². The minimum Gasteiger partial charge on any atom is -0.373 e. The maximum absolute atomic E-state index is 11.7. The zero-order valence-electron chi connectivity index (χ0n) is 8.47. The first-order chi connectivity index (χ1) is 7.79. The van der Waals surface area contributed by atoms with E-state index in [0.717, 1.165) is 0 Å². The van der Waals surface area contributed by atoms with Crippen LogP contribution in [0.25, 0.3) is 0 Å². The molecule has 0 aliphatic carbocycles. The standard InChI is InChI=1S/C9H9N5OS/c1-10-7-3-2-6(4-11-7)8(15)13-9-14-12-5-16-9/h2-5H,1H3,(H,10,11)(H,13,14,15). The zero-order chi connectivity index (χ0) is 11.4. The van der Waals surface area contributed by atoms with Gasteiger partial charge < -0.3 is 5.32 Å². The van der Waals surface area contributed by atoms with Gasteiger partial charge in [-0.2, -0.15) is 0 Å². The number of hydrogen-bond acceptors (Lipinski definition) is 6. The molecule has 0 bridgehead atoms. The summed E-state index contributed by atoms with van der Waals surface area (Å²) in [6.07, 6.45) is 1.50. The molecule has 7 heteroatoms. The monoisotopic (exact) mass is 235 g/mol. The lowest BCUT2D eigenvalue weighted by molar-refractivity contribution is 0.102. The van der Waals surface area contributed by atoms with E-state index in [2.05, 4.69) is 25.8 Å². The summed E-state index contributed by atoms with van der Waals surface area (Å²) in [5.41, 5.74) is 2.03. The molecule has 2 heterocycles. The molecule has 2 N–H and O–H groups in total. The number of carbonyl (C=O) groups is 1. The maximum atomic E-state index is 11.7. The maximum Gasteiger partial charge on any atom is 0.259 e. The van der Waals surface area contributed by atoms with E-state index >= 15 is 0 Å². The van der Waals surface area contributed by atoms with Crippen molar-refractivity contribution in [3.8, 4) is 0 Å². The van der Waals surface area contributed by atoms with Gasteiger partial charge in [-0.15, -0.1) is 10.2 Å². The summed E-state index contributed by atoms with van der Waals surface area (Å²) in [5, 5.41) is 13.3. The SMILES string of the molecule is CNc1ccc(C(=O)Nc2nncs2)cn1. The van der Waals surface area contributed by atoms with E-state index in [1.54, 1.807) is 24.7 Å². The number of nitrogens with zero attached hydrogens (tertiary/aromatic N) is 3. The van der Waals surface area contributed by atoms with E-state index < -0.39 is 0 Å². The van der Waals surface area contributed by atoms with Gasteiger partial charge in [0, 0.05) is 13.2 Å². The topological polar surface area (TPSA) is 79.8 Å². The molecular formula is C9H9N5OS. The van der Waals surface area contributed by atoms with Crippen molar-refractivity contribution in [2.24, 2.45) is 0 Å². The predicted octanol–water partition coefficient (Wildman–Crippen LogP) is 1.23. The van der Waals surface area contributed by atoms with Gasteiger partial charge in [0.25, 0.3) is 5.91 Å². The first-order valence-electron chi connectivity index (χ1n) is 4.51. The van der Waals surface area contributed by atoms with Gasteiger partial charge in [0.1, 0.15) is 11.3 Å². The summed E-state index contributed by atoms with van der Waals surface area (Å²) in [6.45, 7) is 0. The highest BCUT2D eigenvalue weighted by atomic mass is 32.1. The van der Waals surface area contributed by atoms with Gasteiger partial charge in [-0.25, -0.2) is 4.98 Å². The molecule has 0 fully saturated rings. The molecule has 16 heavy (non-hydrogen) atoms. The summed E-state index contributed by atoms with van der Waals surface area (Å²) in [7, 11) is 1.77. The summed E-state index contributed by atoms with van der Waals surface area (Å²) in [5.74, 6) is 0.472. The lowest BCUT2D eigenvalue weighted by Gasteiger charge is -2.02. The molecular weight excluding hydrogens is 226 g/mol. The van der Waals surface area contributed by atoms with Gasteiger partial charge in [0.2, 0.25) is 5.13 Å². The largest absolute Gasteiger partial charge is 0.373 e. The average molecular weight is 235 g/mol. The molecule has 0 aliphatic heterocycles. The highest BCUT2D eigenvalue weighted by Crippen LogP contribution is 2.11. The number of aromatic nitrogens is 3. The Labute approximate surface area is 95.7 Å². The van der Waals surface area contributed by atoms with Gasteiger partial charge >= 0.3 is 0 Å². The Bertz CT molecular complexity index is 467. The Hall–Kier alpha value is -2.02. The molecule has 2 aromatic heterocycles. The molecule has 0 saturated carbocycles. The van der Waals surface area contributed by atoms with Crippen molar-refractivity contribution < 1.29 is 4.79 Å². The van der Waals surface area contributed by atoms with Crippen LogP contribution in [0.4, 0.5) is 10.9 Å². The van der Waals surface area contributed by atoms with Crippen LogP contribution in [0, 0.1) is 0 Å². The minimum absolute atomic E-state index is 0.244. The number of rotatable bonds is 3. The van der Waals surface area contributed by atoms with Crippen molar-refractivity contribution in [3.05, 3.63) is 29.4 Å². The Kier molecular flexibility index (Phi) is 3.06. The molecule has 0 aliphatic rings. The van der Waals surface area contributed by atoms with E-state index in [4.69, 9.17) is 0 Å². The smallest absolute Gasteiger partial charge is 0.259 e.